The number of amides is 1. The van der Waals surface area contributed by atoms with E-state index >= 15 is 0 Å². The second-order valence-electron chi connectivity index (χ2n) is 5.97. The van der Waals surface area contributed by atoms with Gasteiger partial charge in [0.1, 0.15) is 5.75 Å². The van der Waals surface area contributed by atoms with Gasteiger partial charge in [0, 0.05) is 17.5 Å². The Morgan fingerprint density at radius 1 is 1.30 bits per heavy atom. The number of aryl methyl sites for hydroxylation is 1. The van der Waals surface area contributed by atoms with Crippen molar-refractivity contribution in [1.82, 2.24) is 19.8 Å². The monoisotopic (exact) mass is 403 g/mol. The summed E-state index contributed by atoms with van der Waals surface area (Å²) in [6.07, 6.45) is 0. The molecular weight excluding hydrogens is 382 g/mol. The Morgan fingerprint density at radius 3 is 2.67 bits per heavy atom. The highest BCUT2D eigenvalue weighted by atomic mass is 32.2. The molecule has 0 aliphatic heterocycles. The Hall–Kier alpha value is -2.52. The first kappa shape index (κ1) is 19.2. The van der Waals surface area contributed by atoms with E-state index in [0.717, 1.165) is 11.3 Å². The molecule has 0 aliphatic carbocycles. The zero-order valence-electron chi connectivity index (χ0n) is 15.4. The highest BCUT2D eigenvalue weighted by Crippen LogP contribution is 2.24. The van der Waals surface area contributed by atoms with Crippen molar-refractivity contribution >= 4 is 29.0 Å². The van der Waals surface area contributed by atoms with E-state index in [1.165, 1.54) is 26.9 Å². The molecule has 0 atom stereocenters. The average molecular weight is 404 g/mol. The molecule has 2 aromatic heterocycles. The number of aromatic nitrogens is 3. The molecule has 0 radical (unpaired) electrons. The lowest BCUT2D eigenvalue weighted by Crippen LogP contribution is -2.28. The van der Waals surface area contributed by atoms with Crippen molar-refractivity contribution in [1.29, 1.82) is 0 Å². The molecule has 3 aromatic rings. The molecule has 0 unspecified atom stereocenters. The van der Waals surface area contributed by atoms with Crippen molar-refractivity contribution in [3.63, 3.8) is 0 Å². The summed E-state index contributed by atoms with van der Waals surface area (Å²) in [7, 11) is 3.42. The fourth-order valence-electron chi connectivity index (χ4n) is 2.42. The number of thiophene rings is 1. The van der Waals surface area contributed by atoms with E-state index in [4.69, 9.17) is 10.6 Å². The zero-order valence-corrected chi connectivity index (χ0v) is 17.0. The van der Waals surface area contributed by atoms with Crippen LogP contribution in [-0.4, -0.2) is 45.6 Å². The van der Waals surface area contributed by atoms with E-state index in [-0.39, 0.29) is 11.7 Å². The van der Waals surface area contributed by atoms with Crippen LogP contribution in [0.4, 0.5) is 0 Å². The number of hydrogen-bond acceptors (Lipinski definition) is 7. The molecule has 0 aliphatic rings. The van der Waals surface area contributed by atoms with E-state index in [0.29, 0.717) is 17.5 Å². The first-order valence-corrected chi connectivity index (χ1v) is 10.1. The van der Waals surface area contributed by atoms with Crippen LogP contribution in [0.2, 0.25) is 0 Å². The first-order chi connectivity index (χ1) is 13.0. The number of carbonyl (C=O) groups excluding carboxylic acids is 1. The summed E-state index contributed by atoms with van der Waals surface area (Å²) in [5.41, 5.74) is 2.03. The van der Waals surface area contributed by atoms with Crippen LogP contribution in [0, 0.1) is 6.92 Å². The number of nitrogens with zero attached hydrogens (tertiary/aromatic N) is 4. The van der Waals surface area contributed by atoms with Gasteiger partial charge in [-0.05, 0) is 48.2 Å². The van der Waals surface area contributed by atoms with Crippen LogP contribution in [0.3, 0.4) is 0 Å². The van der Waals surface area contributed by atoms with E-state index in [9.17, 15) is 4.79 Å². The molecule has 142 valence electrons. The van der Waals surface area contributed by atoms with Gasteiger partial charge in [0.2, 0.25) is 11.1 Å². The predicted octanol–water partition coefficient (Wildman–Crippen LogP) is 2.79. The topological polar surface area (TPSA) is 86.3 Å². The second kappa shape index (κ2) is 8.45. The van der Waals surface area contributed by atoms with Gasteiger partial charge >= 0.3 is 0 Å². The molecule has 2 heterocycles. The van der Waals surface area contributed by atoms with Crippen LogP contribution in [0.25, 0.3) is 11.4 Å². The van der Waals surface area contributed by atoms with Crippen molar-refractivity contribution < 1.29 is 9.53 Å². The fraction of sp³-hybridized carbons (Fsp3) is 0.278. The summed E-state index contributed by atoms with van der Waals surface area (Å²) < 4.78 is 6.56. The van der Waals surface area contributed by atoms with Crippen molar-refractivity contribution in [2.24, 2.45) is 0 Å². The SMILES string of the molecule is COc1ccc(-c2nnc(SCC(=O)N(C)Cc3sccc3C)n2N)cc1. The number of carbonyl (C=O) groups is 1. The lowest BCUT2D eigenvalue weighted by Gasteiger charge is -2.16. The fourth-order valence-corrected chi connectivity index (χ4v) is 4.17. The van der Waals surface area contributed by atoms with Crippen molar-refractivity contribution in [3.05, 3.63) is 46.2 Å². The first-order valence-electron chi connectivity index (χ1n) is 8.24. The van der Waals surface area contributed by atoms with E-state index < -0.39 is 0 Å². The molecule has 0 spiro atoms. The predicted molar refractivity (Wildman–Crippen MR) is 108 cm³/mol. The van der Waals surface area contributed by atoms with Gasteiger partial charge in [-0.15, -0.1) is 21.5 Å². The number of thioether (sulfide) groups is 1. The van der Waals surface area contributed by atoms with Gasteiger partial charge in [0.05, 0.1) is 19.4 Å². The molecule has 7 nitrogen and oxygen atoms in total. The van der Waals surface area contributed by atoms with Gasteiger partial charge in [-0.1, -0.05) is 11.8 Å². The lowest BCUT2D eigenvalue weighted by atomic mass is 10.2. The van der Waals surface area contributed by atoms with Gasteiger partial charge in [0.25, 0.3) is 0 Å². The maximum atomic E-state index is 12.4. The molecule has 0 saturated heterocycles. The van der Waals surface area contributed by atoms with Gasteiger partial charge in [-0.25, -0.2) is 4.68 Å². The van der Waals surface area contributed by atoms with Crippen LogP contribution in [0.5, 0.6) is 5.75 Å². The van der Waals surface area contributed by atoms with Gasteiger partial charge in [-0.3, -0.25) is 4.79 Å². The second-order valence-corrected chi connectivity index (χ2v) is 7.91. The smallest absolute Gasteiger partial charge is 0.233 e. The Kier molecular flexibility index (Phi) is 6.02. The lowest BCUT2D eigenvalue weighted by molar-refractivity contribution is -0.127. The molecule has 1 aromatic carbocycles. The quantitative estimate of drug-likeness (QED) is 0.482. The zero-order chi connectivity index (χ0) is 19.4. The summed E-state index contributed by atoms with van der Waals surface area (Å²) in [5, 5.41) is 10.8. The van der Waals surface area contributed by atoms with Gasteiger partial charge in [-0.2, -0.15) is 0 Å². The highest BCUT2D eigenvalue weighted by Gasteiger charge is 2.16. The minimum absolute atomic E-state index is 0.0156. The van der Waals surface area contributed by atoms with Crippen LogP contribution >= 0.6 is 23.1 Å². The van der Waals surface area contributed by atoms with Crippen LogP contribution < -0.4 is 10.6 Å². The number of nitrogens with two attached hydrogens (primary N) is 1. The average Bonchev–Trinajstić information content (AvgIpc) is 3.25. The Morgan fingerprint density at radius 2 is 2.04 bits per heavy atom. The third-order valence-electron chi connectivity index (χ3n) is 4.11. The number of methoxy groups -OCH3 is 1. The summed E-state index contributed by atoms with van der Waals surface area (Å²) in [4.78, 5) is 15.3. The largest absolute Gasteiger partial charge is 0.497 e. The number of hydrogen-bond donors (Lipinski definition) is 1. The van der Waals surface area contributed by atoms with Crippen molar-refractivity contribution in [2.75, 3.05) is 25.8 Å². The molecular formula is C18H21N5O2S2. The third-order valence-corrected chi connectivity index (χ3v) is 6.05. The number of ether oxygens (including phenoxy) is 1. The maximum absolute atomic E-state index is 12.4. The summed E-state index contributed by atoms with van der Waals surface area (Å²) >= 11 is 2.93. The molecule has 9 heteroatoms. The van der Waals surface area contributed by atoms with E-state index in [1.54, 1.807) is 30.4 Å². The van der Waals surface area contributed by atoms with E-state index in [2.05, 4.69) is 23.2 Å². The van der Waals surface area contributed by atoms with Crippen LogP contribution in [0.15, 0.2) is 40.9 Å². The van der Waals surface area contributed by atoms with Gasteiger partial charge in [0.15, 0.2) is 5.82 Å². The third kappa shape index (κ3) is 4.42. The molecule has 0 saturated carbocycles. The molecule has 3 rings (SSSR count). The number of benzene rings is 1. The minimum Gasteiger partial charge on any atom is -0.497 e. The van der Waals surface area contributed by atoms with Crippen molar-refractivity contribution in [2.45, 2.75) is 18.6 Å². The molecule has 1 amide bonds. The van der Waals surface area contributed by atoms with Crippen LogP contribution in [-0.2, 0) is 11.3 Å². The number of nitrogen functional groups attached to an aromatic ring is 1. The minimum atomic E-state index is 0.0156. The maximum Gasteiger partial charge on any atom is 0.233 e. The highest BCUT2D eigenvalue weighted by molar-refractivity contribution is 7.99. The summed E-state index contributed by atoms with van der Waals surface area (Å²) in [6, 6.07) is 9.46. The normalized spacial score (nSPS) is 10.8. The molecule has 0 bridgehead atoms. The Balaban J connectivity index is 1.62. The standard InChI is InChI=1S/C18H21N5O2S2/c1-12-8-9-26-15(12)10-22(2)16(24)11-27-18-21-20-17(23(18)19)13-4-6-14(25-3)7-5-13/h4-9H,10-11,19H2,1-3H3. The Bertz CT molecular complexity index is 920. The molecule has 2 N–H and O–H groups in total. The van der Waals surface area contributed by atoms with Crippen molar-refractivity contribution in [3.8, 4) is 17.1 Å². The van der Waals surface area contributed by atoms with Gasteiger partial charge < -0.3 is 15.5 Å². The summed E-state index contributed by atoms with van der Waals surface area (Å²) in [6.45, 7) is 2.66. The summed E-state index contributed by atoms with van der Waals surface area (Å²) in [5.74, 6) is 7.67. The molecule has 27 heavy (non-hydrogen) atoms. The Labute approximate surface area is 166 Å². The molecule has 0 fully saturated rings. The van der Waals surface area contributed by atoms with Crippen LogP contribution in [0.1, 0.15) is 10.4 Å². The van der Waals surface area contributed by atoms with E-state index in [1.807, 2.05) is 29.6 Å². The number of rotatable bonds is 7.